The highest BCUT2D eigenvalue weighted by Crippen LogP contribution is 2.37. The van der Waals surface area contributed by atoms with Crippen molar-refractivity contribution in [3.05, 3.63) is 33.4 Å². The van der Waals surface area contributed by atoms with Crippen molar-refractivity contribution in [2.45, 2.75) is 53.5 Å². The molecule has 3 nitrogen and oxygen atoms in total. The minimum absolute atomic E-state index is 0. The van der Waals surface area contributed by atoms with Gasteiger partial charge in [0.15, 0.2) is 0 Å². The highest BCUT2D eigenvalue weighted by Gasteiger charge is 2.48. The van der Waals surface area contributed by atoms with Gasteiger partial charge in [0.25, 0.3) is 0 Å². The first-order chi connectivity index (χ1) is 9.57. The van der Waals surface area contributed by atoms with Crippen LogP contribution in [0.5, 0.6) is 0 Å². The van der Waals surface area contributed by atoms with Gasteiger partial charge in [0.2, 0.25) is 0 Å². The lowest BCUT2D eigenvalue weighted by atomic mass is 9.84. The molecule has 1 aromatic rings. The van der Waals surface area contributed by atoms with Gasteiger partial charge in [0.1, 0.15) is 6.04 Å². The van der Waals surface area contributed by atoms with Gasteiger partial charge in [-0.2, -0.15) is 8.78 Å². The molecule has 6 heteroatoms. The third kappa shape index (κ3) is 3.41. The number of carbonyl (C=O) groups is 1. The maximum Gasteiger partial charge on any atom is 0.379 e. The molecule has 0 radical (unpaired) electrons. The molecule has 0 unspecified atom stereocenters. The molecule has 0 aliphatic rings. The van der Waals surface area contributed by atoms with E-state index < -0.39 is 17.9 Å². The van der Waals surface area contributed by atoms with Crippen molar-refractivity contribution in [2.24, 2.45) is 5.73 Å². The Morgan fingerprint density at radius 1 is 1.05 bits per heavy atom. The van der Waals surface area contributed by atoms with Gasteiger partial charge >= 0.3 is 11.9 Å². The molecule has 0 saturated carbocycles. The second-order valence-corrected chi connectivity index (χ2v) is 5.36. The smallest absolute Gasteiger partial charge is 0.379 e. The summed E-state index contributed by atoms with van der Waals surface area (Å²) in [6.45, 7) is 10.6. The third-order valence-electron chi connectivity index (χ3n) is 4.31. The van der Waals surface area contributed by atoms with Crippen LogP contribution in [0.15, 0.2) is 0 Å². The van der Waals surface area contributed by atoms with Crippen LogP contribution in [0.3, 0.4) is 0 Å². The summed E-state index contributed by atoms with van der Waals surface area (Å²) in [6, 6.07) is -1.71. The molecule has 126 valence electrons. The van der Waals surface area contributed by atoms with Gasteiger partial charge in [0, 0.05) is 0 Å². The van der Waals surface area contributed by atoms with Crippen molar-refractivity contribution in [3.63, 3.8) is 0 Å². The van der Waals surface area contributed by atoms with Gasteiger partial charge in [-0.15, -0.1) is 12.4 Å². The number of halogens is 3. The topological polar surface area (TPSA) is 52.3 Å². The van der Waals surface area contributed by atoms with Gasteiger partial charge in [0.05, 0.1) is 6.61 Å². The zero-order valence-electron chi connectivity index (χ0n) is 13.8. The number of esters is 1. The minimum atomic E-state index is -3.75. The van der Waals surface area contributed by atoms with E-state index in [1.165, 1.54) is 6.92 Å². The van der Waals surface area contributed by atoms with E-state index in [0.717, 1.165) is 16.7 Å². The zero-order valence-corrected chi connectivity index (χ0v) is 14.7. The Hall–Kier alpha value is -1.20. The van der Waals surface area contributed by atoms with E-state index in [-0.39, 0.29) is 19.0 Å². The molecule has 0 aliphatic heterocycles. The summed E-state index contributed by atoms with van der Waals surface area (Å²) in [5.41, 5.74) is 10.4. The lowest BCUT2D eigenvalue weighted by Crippen LogP contribution is -2.42. The number of nitrogens with two attached hydrogens (primary N) is 1. The largest absolute Gasteiger partial charge is 0.462 e. The van der Waals surface area contributed by atoms with Crippen LogP contribution in [0, 0.1) is 34.6 Å². The molecule has 0 saturated heterocycles. The van der Waals surface area contributed by atoms with E-state index in [0.29, 0.717) is 16.7 Å². The minimum Gasteiger partial charge on any atom is -0.462 e. The summed E-state index contributed by atoms with van der Waals surface area (Å²) >= 11 is 0. The Morgan fingerprint density at radius 2 is 1.41 bits per heavy atom. The molecule has 2 N–H and O–H groups in total. The molecule has 0 spiro atoms. The molecule has 0 aromatic heterocycles. The van der Waals surface area contributed by atoms with Crippen molar-refractivity contribution in [1.82, 2.24) is 0 Å². The van der Waals surface area contributed by atoms with Crippen molar-refractivity contribution in [2.75, 3.05) is 6.61 Å². The molecular weight excluding hydrogens is 312 g/mol. The Balaban J connectivity index is 0.00000441. The molecular formula is C16H24ClF2NO2. The first-order valence-corrected chi connectivity index (χ1v) is 6.94. The van der Waals surface area contributed by atoms with Gasteiger partial charge in [-0.05, 0) is 74.9 Å². The second-order valence-electron chi connectivity index (χ2n) is 5.36. The summed E-state index contributed by atoms with van der Waals surface area (Å²) < 4.78 is 32.9. The summed E-state index contributed by atoms with van der Waals surface area (Å²) in [5, 5.41) is 0. The van der Waals surface area contributed by atoms with E-state index in [2.05, 4.69) is 4.74 Å². The maximum atomic E-state index is 14.2. The van der Waals surface area contributed by atoms with E-state index >= 15 is 0 Å². The van der Waals surface area contributed by atoms with Crippen molar-refractivity contribution in [1.29, 1.82) is 0 Å². The molecule has 0 amide bonds. The number of alkyl halides is 2. The predicted molar refractivity (Wildman–Crippen MR) is 85.9 cm³/mol. The standard InChI is InChI=1S/C16H23F2NO2.ClH/c1-7-21-15(20)16(17,18)14(19)13-11(5)9(3)8(2)10(4)12(13)6;/h14H,7,19H2,1-6H3;1H/t14-;/m0./s1. The quantitative estimate of drug-likeness (QED) is 0.850. The summed E-state index contributed by atoms with van der Waals surface area (Å²) in [4.78, 5) is 11.5. The molecule has 1 aromatic carbocycles. The SMILES string of the molecule is CCOC(=O)C(F)(F)[C@@H](N)c1c(C)c(C)c(C)c(C)c1C.Cl. The van der Waals surface area contributed by atoms with E-state index in [4.69, 9.17) is 5.73 Å². The van der Waals surface area contributed by atoms with E-state index in [1.807, 2.05) is 20.8 Å². The van der Waals surface area contributed by atoms with Crippen molar-refractivity contribution >= 4 is 18.4 Å². The van der Waals surface area contributed by atoms with Crippen LogP contribution in [-0.2, 0) is 9.53 Å². The predicted octanol–water partition coefficient (Wildman–Crippen LogP) is 3.85. The van der Waals surface area contributed by atoms with E-state index in [1.54, 1.807) is 13.8 Å². The van der Waals surface area contributed by atoms with Crippen LogP contribution in [0.1, 0.15) is 46.3 Å². The van der Waals surface area contributed by atoms with Crippen molar-refractivity contribution in [3.8, 4) is 0 Å². The molecule has 1 rings (SSSR count). The Labute approximate surface area is 136 Å². The Kier molecular flexibility index (Phi) is 6.97. The van der Waals surface area contributed by atoms with Gasteiger partial charge in [-0.1, -0.05) is 0 Å². The molecule has 0 bridgehead atoms. The highest BCUT2D eigenvalue weighted by molar-refractivity contribution is 5.85. The van der Waals surface area contributed by atoms with Gasteiger partial charge in [-0.25, -0.2) is 4.79 Å². The van der Waals surface area contributed by atoms with Crippen LogP contribution < -0.4 is 5.73 Å². The van der Waals surface area contributed by atoms with Crippen LogP contribution >= 0.6 is 12.4 Å². The molecule has 0 heterocycles. The summed E-state index contributed by atoms with van der Waals surface area (Å²) in [5.74, 6) is -5.33. The van der Waals surface area contributed by atoms with E-state index in [9.17, 15) is 13.6 Å². The first kappa shape index (κ1) is 20.8. The number of benzene rings is 1. The monoisotopic (exact) mass is 335 g/mol. The molecule has 1 atom stereocenters. The highest BCUT2D eigenvalue weighted by atomic mass is 35.5. The fourth-order valence-electron chi connectivity index (χ4n) is 2.53. The normalized spacial score (nSPS) is 12.6. The lowest BCUT2D eigenvalue weighted by molar-refractivity contribution is -0.174. The summed E-state index contributed by atoms with van der Waals surface area (Å²) in [7, 11) is 0. The number of hydrogen-bond acceptors (Lipinski definition) is 3. The number of hydrogen-bond donors (Lipinski definition) is 1. The Bertz CT molecular complexity index is 545. The van der Waals surface area contributed by atoms with Crippen LogP contribution in [0.4, 0.5) is 8.78 Å². The summed E-state index contributed by atoms with van der Waals surface area (Å²) in [6.07, 6.45) is 0. The van der Waals surface area contributed by atoms with Crippen LogP contribution in [0.2, 0.25) is 0 Å². The van der Waals surface area contributed by atoms with Crippen LogP contribution in [0.25, 0.3) is 0 Å². The van der Waals surface area contributed by atoms with Gasteiger partial charge in [-0.3, -0.25) is 0 Å². The Morgan fingerprint density at radius 3 is 1.77 bits per heavy atom. The maximum absolute atomic E-state index is 14.2. The number of rotatable bonds is 4. The van der Waals surface area contributed by atoms with Crippen molar-refractivity contribution < 1.29 is 18.3 Å². The lowest BCUT2D eigenvalue weighted by Gasteiger charge is -2.27. The first-order valence-electron chi connectivity index (χ1n) is 6.94. The van der Waals surface area contributed by atoms with Gasteiger partial charge < -0.3 is 10.5 Å². The average Bonchev–Trinajstić information content (AvgIpc) is 2.43. The van der Waals surface area contributed by atoms with Crippen LogP contribution in [-0.4, -0.2) is 18.5 Å². The number of ether oxygens (including phenoxy) is 1. The fourth-order valence-corrected chi connectivity index (χ4v) is 2.53. The molecule has 0 fully saturated rings. The average molecular weight is 336 g/mol. The second kappa shape index (κ2) is 7.38. The fraction of sp³-hybridized carbons (Fsp3) is 0.562. The number of carbonyl (C=O) groups excluding carboxylic acids is 1. The zero-order chi connectivity index (χ0) is 16.5. The molecule has 0 aliphatic carbocycles. The third-order valence-corrected chi connectivity index (χ3v) is 4.31. The molecule has 22 heavy (non-hydrogen) atoms.